The summed E-state index contributed by atoms with van der Waals surface area (Å²) in [6, 6.07) is 9.59. The van der Waals surface area contributed by atoms with Crippen LogP contribution < -0.4 is 5.43 Å². The number of benzene rings is 1. The number of carbonyl (C=O) groups is 1. The first kappa shape index (κ1) is 12.7. The summed E-state index contributed by atoms with van der Waals surface area (Å²) in [6.45, 7) is 2.05. The number of hydrogen-bond donors (Lipinski definition) is 1. The van der Waals surface area contributed by atoms with E-state index in [1.165, 1.54) is 17.8 Å². The maximum absolute atomic E-state index is 12.0. The van der Waals surface area contributed by atoms with Crippen LogP contribution in [0.4, 0.5) is 0 Å². The van der Waals surface area contributed by atoms with E-state index >= 15 is 0 Å². The smallest absolute Gasteiger partial charge is 0.341 e. The minimum Gasteiger partial charge on any atom is -0.477 e. The van der Waals surface area contributed by atoms with Crippen molar-refractivity contribution in [2.24, 2.45) is 0 Å². The van der Waals surface area contributed by atoms with Crippen LogP contribution in [0.25, 0.3) is 11.3 Å². The van der Waals surface area contributed by atoms with Crippen molar-refractivity contribution in [3.05, 3.63) is 57.9 Å². The summed E-state index contributed by atoms with van der Waals surface area (Å²) in [5.41, 5.74) is 2.42. The Balaban J connectivity index is 2.32. The molecule has 0 aliphatic carbocycles. The van der Waals surface area contributed by atoms with Gasteiger partial charge in [0.05, 0.1) is 5.69 Å². The second-order valence-corrected chi connectivity index (χ2v) is 5.19. The molecule has 0 radical (unpaired) electrons. The molecule has 0 amide bonds. The van der Waals surface area contributed by atoms with Gasteiger partial charge in [-0.3, -0.25) is 4.79 Å². The number of nitrogens with zero attached hydrogens (tertiary/aromatic N) is 1. The molecule has 4 nitrogen and oxygen atoms in total. The third-order valence-electron chi connectivity index (χ3n) is 3.91. The summed E-state index contributed by atoms with van der Waals surface area (Å²) >= 11 is 0. The van der Waals surface area contributed by atoms with Crippen LogP contribution in [0.3, 0.4) is 0 Å². The lowest BCUT2D eigenvalue weighted by atomic mass is 10.0. The van der Waals surface area contributed by atoms with Crippen LogP contribution >= 0.6 is 0 Å². The van der Waals surface area contributed by atoms with Gasteiger partial charge in [0.25, 0.3) is 0 Å². The van der Waals surface area contributed by atoms with Crippen LogP contribution in [-0.2, 0) is 6.42 Å². The van der Waals surface area contributed by atoms with Gasteiger partial charge in [-0.25, -0.2) is 4.79 Å². The van der Waals surface area contributed by atoms with Crippen molar-refractivity contribution in [3.8, 4) is 11.3 Å². The fourth-order valence-electron chi connectivity index (χ4n) is 2.78. The molecule has 1 aromatic carbocycles. The molecule has 1 aliphatic heterocycles. The van der Waals surface area contributed by atoms with Crippen molar-refractivity contribution in [2.45, 2.75) is 25.8 Å². The molecule has 20 heavy (non-hydrogen) atoms. The predicted octanol–water partition coefficient (Wildman–Crippen LogP) is 2.72. The molecular weight excluding hydrogens is 254 g/mol. The number of aromatic carboxylic acids is 1. The standard InChI is InChI=1S/C16H15NO3/c1-10-6-7-11-4-2-3-5-12(11)14-8-15(18)13(16(19)20)9-17(10)14/h2-5,8-10H,6-7H2,1H3,(H,19,20)/t10-/m1/s1. The molecule has 0 saturated carbocycles. The average molecular weight is 269 g/mol. The van der Waals surface area contributed by atoms with Gasteiger partial charge in [-0.05, 0) is 25.3 Å². The Bertz CT molecular complexity index is 746. The van der Waals surface area contributed by atoms with Gasteiger partial charge in [0.1, 0.15) is 5.56 Å². The number of fused-ring (bicyclic) bond motifs is 3. The number of pyridine rings is 1. The number of carboxylic acid groups (broad SMARTS) is 1. The molecule has 4 heteroatoms. The van der Waals surface area contributed by atoms with Gasteiger partial charge in [0.15, 0.2) is 5.43 Å². The number of aryl methyl sites for hydroxylation is 1. The fourth-order valence-corrected chi connectivity index (χ4v) is 2.78. The lowest BCUT2D eigenvalue weighted by Gasteiger charge is -2.18. The zero-order valence-corrected chi connectivity index (χ0v) is 11.2. The second kappa shape index (κ2) is 4.63. The first-order chi connectivity index (χ1) is 9.58. The Hall–Kier alpha value is -2.36. The van der Waals surface area contributed by atoms with Gasteiger partial charge in [-0.2, -0.15) is 0 Å². The summed E-state index contributed by atoms with van der Waals surface area (Å²) < 4.78 is 1.91. The van der Waals surface area contributed by atoms with E-state index in [0.29, 0.717) is 0 Å². The van der Waals surface area contributed by atoms with Crippen molar-refractivity contribution in [3.63, 3.8) is 0 Å². The summed E-state index contributed by atoms with van der Waals surface area (Å²) in [4.78, 5) is 23.1. The highest BCUT2D eigenvalue weighted by Crippen LogP contribution is 2.32. The largest absolute Gasteiger partial charge is 0.477 e. The van der Waals surface area contributed by atoms with E-state index in [1.807, 2.05) is 29.7 Å². The quantitative estimate of drug-likeness (QED) is 0.866. The lowest BCUT2D eigenvalue weighted by molar-refractivity contribution is 0.0694. The lowest BCUT2D eigenvalue weighted by Crippen LogP contribution is -2.19. The number of rotatable bonds is 1. The zero-order valence-electron chi connectivity index (χ0n) is 11.2. The first-order valence-corrected chi connectivity index (χ1v) is 6.65. The van der Waals surface area contributed by atoms with E-state index in [0.717, 1.165) is 24.1 Å². The second-order valence-electron chi connectivity index (χ2n) is 5.19. The summed E-state index contributed by atoms with van der Waals surface area (Å²) in [5.74, 6) is -1.17. The highest BCUT2D eigenvalue weighted by Gasteiger charge is 2.21. The third kappa shape index (κ3) is 1.93. The van der Waals surface area contributed by atoms with Crippen LogP contribution in [0.5, 0.6) is 0 Å². The van der Waals surface area contributed by atoms with Gasteiger partial charge >= 0.3 is 5.97 Å². The van der Waals surface area contributed by atoms with E-state index in [4.69, 9.17) is 5.11 Å². The normalized spacial score (nSPS) is 16.9. The van der Waals surface area contributed by atoms with Gasteiger partial charge in [0.2, 0.25) is 0 Å². The Labute approximate surface area is 116 Å². The van der Waals surface area contributed by atoms with E-state index in [2.05, 4.69) is 6.07 Å². The minimum atomic E-state index is -1.17. The van der Waals surface area contributed by atoms with Crippen molar-refractivity contribution >= 4 is 5.97 Å². The molecule has 102 valence electrons. The number of carboxylic acids is 1. The number of aromatic nitrogens is 1. The Morgan fingerprint density at radius 1 is 1.35 bits per heavy atom. The Morgan fingerprint density at radius 2 is 2.10 bits per heavy atom. The van der Waals surface area contributed by atoms with Gasteiger partial charge in [-0.15, -0.1) is 0 Å². The van der Waals surface area contributed by atoms with Gasteiger partial charge in [-0.1, -0.05) is 24.3 Å². The monoisotopic (exact) mass is 269 g/mol. The van der Waals surface area contributed by atoms with E-state index in [-0.39, 0.29) is 11.6 Å². The van der Waals surface area contributed by atoms with Crippen molar-refractivity contribution in [2.75, 3.05) is 0 Å². The predicted molar refractivity (Wildman–Crippen MR) is 76.1 cm³/mol. The van der Waals surface area contributed by atoms with Crippen LogP contribution in [0.2, 0.25) is 0 Å². The molecule has 3 rings (SSSR count). The van der Waals surface area contributed by atoms with Crippen LogP contribution in [-0.4, -0.2) is 15.6 Å². The highest BCUT2D eigenvalue weighted by molar-refractivity contribution is 5.87. The van der Waals surface area contributed by atoms with Crippen molar-refractivity contribution in [1.29, 1.82) is 0 Å². The molecular formula is C16H15NO3. The first-order valence-electron chi connectivity index (χ1n) is 6.65. The molecule has 1 aliphatic rings. The van der Waals surface area contributed by atoms with Crippen molar-refractivity contribution < 1.29 is 9.90 Å². The molecule has 2 aromatic rings. The molecule has 0 bridgehead atoms. The highest BCUT2D eigenvalue weighted by atomic mass is 16.4. The third-order valence-corrected chi connectivity index (χ3v) is 3.91. The van der Waals surface area contributed by atoms with Crippen LogP contribution in [0.15, 0.2) is 41.3 Å². The molecule has 0 fully saturated rings. The molecule has 1 atom stereocenters. The maximum atomic E-state index is 12.0. The molecule has 0 unspecified atom stereocenters. The SMILES string of the molecule is C[C@@H]1CCc2ccccc2-c2cc(=O)c(C(=O)O)cn21. The van der Waals surface area contributed by atoms with Crippen LogP contribution in [0, 0.1) is 0 Å². The molecule has 0 saturated heterocycles. The van der Waals surface area contributed by atoms with Crippen LogP contribution in [0.1, 0.15) is 35.3 Å². The molecule has 2 heterocycles. The van der Waals surface area contributed by atoms with Crippen molar-refractivity contribution in [1.82, 2.24) is 4.57 Å². The Kier molecular flexibility index (Phi) is 2.93. The maximum Gasteiger partial charge on any atom is 0.341 e. The van der Waals surface area contributed by atoms with E-state index < -0.39 is 11.4 Å². The van der Waals surface area contributed by atoms with Gasteiger partial charge < -0.3 is 9.67 Å². The average Bonchev–Trinajstić information content (AvgIpc) is 2.56. The summed E-state index contributed by atoms with van der Waals surface area (Å²) in [5, 5.41) is 9.11. The van der Waals surface area contributed by atoms with E-state index in [9.17, 15) is 9.59 Å². The fraction of sp³-hybridized carbons (Fsp3) is 0.250. The molecule has 1 N–H and O–H groups in total. The van der Waals surface area contributed by atoms with Gasteiger partial charge in [0, 0.05) is 23.9 Å². The topological polar surface area (TPSA) is 59.3 Å². The van der Waals surface area contributed by atoms with E-state index in [1.54, 1.807) is 0 Å². The minimum absolute atomic E-state index is 0.163. The molecule has 1 aromatic heterocycles. The number of hydrogen-bond acceptors (Lipinski definition) is 2. The molecule has 0 spiro atoms. The summed E-state index contributed by atoms with van der Waals surface area (Å²) in [7, 11) is 0. The Morgan fingerprint density at radius 3 is 2.85 bits per heavy atom. The summed E-state index contributed by atoms with van der Waals surface area (Å²) in [6.07, 6.45) is 3.33. The zero-order chi connectivity index (χ0) is 14.3.